The Morgan fingerprint density at radius 3 is 2.46 bits per heavy atom. The average molecular weight is 505 g/mol. The smallest absolute Gasteiger partial charge is 0.289 e. The number of nitrogens with one attached hydrogen (secondary N) is 1. The van der Waals surface area contributed by atoms with Crippen LogP contribution in [0.25, 0.3) is 0 Å². The average Bonchev–Trinajstić information content (AvgIpc) is 3.26. The summed E-state index contributed by atoms with van der Waals surface area (Å²) >= 11 is 0. The van der Waals surface area contributed by atoms with Crippen molar-refractivity contribution in [3.8, 4) is 0 Å². The van der Waals surface area contributed by atoms with E-state index in [1.165, 1.54) is 12.7 Å². The Hall–Kier alpha value is -1.33. The number of aliphatic imine (C=N–C) groups is 1. The van der Waals surface area contributed by atoms with Crippen molar-refractivity contribution >= 4 is 35.8 Å². The molecule has 158 valence electrons. The van der Waals surface area contributed by atoms with Crippen molar-refractivity contribution < 1.29 is 13.9 Å². The highest BCUT2D eigenvalue weighted by atomic mass is 127. The molecule has 1 aromatic rings. The van der Waals surface area contributed by atoms with E-state index in [1.54, 1.807) is 12.1 Å². The van der Waals surface area contributed by atoms with Crippen molar-refractivity contribution in [2.24, 2.45) is 4.99 Å². The number of carbonyl (C=O) groups is 1. The highest BCUT2D eigenvalue weighted by molar-refractivity contribution is 14.0. The zero-order chi connectivity index (χ0) is 18.9. The van der Waals surface area contributed by atoms with Crippen LogP contribution in [-0.4, -0.2) is 99.2 Å². The van der Waals surface area contributed by atoms with Crippen molar-refractivity contribution in [3.05, 3.63) is 24.2 Å². The van der Waals surface area contributed by atoms with Gasteiger partial charge in [-0.05, 0) is 31.5 Å². The van der Waals surface area contributed by atoms with Crippen LogP contribution < -0.4 is 5.32 Å². The third-order valence-corrected chi connectivity index (χ3v) is 5.10. The number of hydrogen-bond donors (Lipinski definition) is 1. The molecular weight excluding hydrogens is 473 g/mol. The summed E-state index contributed by atoms with van der Waals surface area (Å²) in [5.41, 5.74) is 0. The van der Waals surface area contributed by atoms with Crippen molar-refractivity contribution in [2.75, 3.05) is 72.6 Å². The molecule has 0 aromatic carbocycles. The van der Waals surface area contributed by atoms with Crippen LogP contribution in [0.3, 0.4) is 0 Å². The predicted octanol–water partition coefficient (Wildman–Crippen LogP) is 1.34. The fraction of sp³-hybridized carbons (Fsp3) is 0.684. The van der Waals surface area contributed by atoms with Gasteiger partial charge in [-0.1, -0.05) is 0 Å². The second-order valence-electron chi connectivity index (χ2n) is 6.89. The zero-order valence-electron chi connectivity index (χ0n) is 16.6. The second-order valence-corrected chi connectivity index (χ2v) is 6.89. The Bertz CT molecular complexity index is 597. The van der Waals surface area contributed by atoms with Gasteiger partial charge in [-0.3, -0.25) is 14.7 Å². The number of halogens is 1. The van der Waals surface area contributed by atoms with Crippen LogP contribution in [0.15, 0.2) is 27.8 Å². The summed E-state index contributed by atoms with van der Waals surface area (Å²) in [4.78, 5) is 23.3. The van der Waals surface area contributed by atoms with Gasteiger partial charge in [0.1, 0.15) is 0 Å². The maximum Gasteiger partial charge on any atom is 0.289 e. The maximum atomic E-state index is 12.3. The molecule has 0 bridgehead atoms. The molecule has 1 N–H and O–H groups in total. The summed E-state index contributed by atoms with van der Waals surface area (Å²) in [6, 6.07) is 3.46. The van der Waals surface area contributed by atoms with E-state index in [2.05, 4.69) is 20.1 Å². The number of unbranched alkanes of at least 4 members (excludes halogenated alkanes) is 1. The van der Waals surface area contributed by atoms with E-state index in [9.17, 15) is 4.79 Å². The minimum absolute atomic E-state index is 0. The molecule has 3 heterocycles. The first kappa shape index (κ1) is 23.0. The molecule has 1 amide bonds. The number of rotatable bonds is 6. The van der Waals surface area contributed by atoms with E-state index in [1.807, 2.05) is 11.9 Å². The highest BCUT2D eigenvalue weighted by Crippen LogP contribution is 2.09. The van der Waals surface area contributed by atoms with Gasteiger partial charge in [-0.25, -0.2) is 0 Å². The number of carbonyl (C=O) groups excluding carboxylic acids is 1. The monoisotopic (exact) mass is 505 g/mol. The number of furan rings is 1. The second kappa shape index (κ2) is 12.3. The predicted molar refractivity (Wildman–Crippen MR) is 119 cm³/mol. The molecule has 28 heavy (non-hydrogen) atoms. The van der Waals surface area contributed by atoms with E-state index in [4.69, 9.17) is 9.15 Å². The van der Waals surface area contributed by atoms with Gasteiger partial charge < -0.3 is 24.3 Å². The fourth-order valence-corrected chi connectivity index (χ4v) is 3.50. The van der Waals surface area contributed by atoms with Crippen molar-refractivity contribution in [3.63, 3.8) is 0 Å². The van der Waals surface area contributed by atoms with Crippen LogP contribution in [-0.2, 0) is 4.74 Å². The van der Waals surface area contributed by atoms with Crippen LogP contribution in [0.4, 0.5) is 0 Å². The van der Waals surface area contributed by atoms with E-state index >= 15 is 0 Å². The molecular formula is C19H32IN5O3. The van der Waals surface area contributed by atoms with Gasteiger partial charge in [0.25, 0.3) is 5.91 Å². The van der Waals surface area contributed by atoms with E-state index in [0.717, 1.165) is 64.9 Å². The van der Waals surface area contributed by atoms with Gasteiger partial charge in [-0.2, -0.15) is 0 Å². The lowest BCUT2D eigenvalue weighted by molar-refractivity contribution is 0.0372. The van der Waals surface area contributed by atoms with Crippen LogP contribution >= 0.6 is 24.0 Å². The first-order chi connectivity index (χ1) is 13.3. The fourth-order valence-electron chi connectivity index (χ4n) is 3.50. The molecule has 0 saturated carbocycles. The summed E-state index contributed by atoms with van der Waals surface area (Å²) in [6.07, 6.45) is 3.83. The Balaban J connectivity index is 0.00000280. The van der Waals surface area contributed by atoms with Gasteiger partial charge in [0.2, 0.25) is 0 Å². The number of nitrogens with zero attached hydrogens (tertiary/aromatic N) is 4. The lowest BCUT2D eigenvalue weighted by Crippen LogP contribution is -2.53. The van der Waals surface area contributed by atoms with Gasteiger partial charge in [0.15, 0.2) is 11.7 Å². The Kier molecular flexibility index (Phi) is 10.1. The zero-order valence-corrected chi connectivity index (χ0v) is 19.0. The molecule has 3 rings (SSSR count). The summed E-state index contributed by atoms with van der Waals surface area (Å²) in [5, 5.41) is 3.46. The lowest BCUT2D eigenvalue weighted by atomic mass is 10.2. The molecule has 0 spiro atoms. The van der Waals surface area contributed by atoms with Crippen molar-refractivity contribution in [1.29, 1.82) is 0 Å². The van der Waals surface area contributed by atoms with Gasteiger partial charge in [0.05, 0.1) is 19.5 Å². The number of amides is 1. The molecule has 2 saturated heterocycles. The number of hydrogen-bond acceptors (Lipinski definition) is 5. The number of morpholine rings is 1. The minimum atomic E-state index is -0.0364. The molecule has 9 heteroatoms. The number of ether oxygens (including phenoxy) is 1. The van der Waals surface area contributed by atoms with Crippen molar-refractivity contribution in [2.45, 2.75) is 12.8 Å². The first-order valence-electron chi connectivity index (χ1n) is 9.86. The summed E-state index contributed by atoms with van der Waals surface area (Å²) < 4.78 is 10.6. The number of guanidine groups is 1. The summed E-state index contributed by atoms with van der Waals surface area (Å²) in [5.74, 6) is 1.29. The van der Waals surface area contributed by atoms with Crippen molar-refractivity contribution in [1.82, 2.24) is 20.0 Å². The largest absolute Gasteiger partial charge is 0.459 e. The Morgan fingerprint density at radius 1 is 1.11 bits per heavy atom. The number of piperazine rings is 1. The molecule has 1 aromatic heterocycles. The lowest BCUT2D eigenvalue weighted by Gasteiger charge is -2.36. The highest BCUT2D eigenvalue weighted by Gasteiger charge is 2.25. The quantitative estimate of drug-likeness (QED) is 0.273. The van der Waals surface area contributed by atoms with Gasteiger partial charge in [0, 0.05) is 52.9 Å². The summed E-state index contributed by atoms with van der Waals surface area (Å²) in [6.45, 7) is 8.79. The van der Waals surface area contributed by atoms with Crippen LogP contribution in [0, 0.1) is 0 Å². The molecule has 0 atom stereocenters. The standard InChI is InChI=1S/C19H31N5O3.HI/c1-20-19(21-6-2-3-7-22-12-15-26-16-13-22)24-10-8-23(9-11-24)18(25)17-5-4-14-27-17;/h4-5,14H,2-3,6-13,15-16H2,1H3,(H,20,21);1H. The van der Waals surface area contributed by atoms with Gasteiger partial charge >= 0.3 is 0 Å². The molecule has 8 nitrogen and oxygen atoms in total. The Morgan fingerprint density at radius 2 is 1.82 bits per heavy atom. The third-order valence-electron chi connectivity index (χ3n) is 5.10. The SMILES string of the molecule is CN=C(NCCCCN1CCOCC1)N1CCN(C(=O)c2ccco2)CC1.I. The molecule has 2 aliphatic heterocycles. The molecule has 2 aliphatic rings. The topological polar surface area (TPSA) is 73.6 Å². The maximum absolute atomic E-state index is 12.3. The molecule has 0 radical (unpaired) electrons. The third kappa shape index (κ3) is 6.63. The summed E-state index contributed by atoms with van der Waals surface area (Å²) in [7, 11) is 1.82. The molecule has 0 unspecified atom stereocenters. The van der Waals surface area contributed by atoms with E-state index in [-0.39, 0.29) is 29.9 Å². The molecule has 2 fully saturated rings. The van der Waals surface area contributed by atoms with Crippen LogP contribution in [0.5, 0.6) is 0 Å². The molecule has 0 aliphatic carbocycles. The van der Waals surface area contributed by atoms with Crippen LogP contribution in [0.1, 0.15) is 23.4 Å². The normalized spacial score (nSPS) is 18.7. The minimum Gasteiger partial charge on any atom is -0.459 e. The van der Waals surface area contributed by atoms with Gasteiger partial charge in [-0.15, -0.1) is 24.0 Å². The van der Waals surface area contributed by atoms with E-state index in [0.29, 0.717) is 18.8 Å². The first-order valence-corrected chi connectivity index (χ1v) is 9.86. The Labute approximate surface area is 184 Å². The van der Waals surface area contributed by atoms with Crippen LogP contribution in [0.2, 0.25) is 0 Å². The van der Waals surface area contributed by atoms with E-state index < -0.39 is 0 Å².